The van der Waals surface area contributed by atoms with Crippen LogP contribution < -0.4 is 5.32 Å². The summed E-state index contributed by atoms with van der Waals surface area (Å²) in [6, 6.07) is 8.49. The van der Waals surface area contributed by atoms with Crippen LogP contribution in [0.15, 0.2) is 46.7 Å². The number of nitrogens with zero attached hydrogens (tertiary/aromatic N) is 1. The van der Waals surface area contributed by atoms with Gasteiger partial charge in [0.05, 0.1) is 4.90 Å². The molecule has 0 spiro atoms. The summed E-state index contributed by atoms with van der Waals surface area (Å²) in [5, 5.41) is 4.65. The van der Waals surface area contributed by atoms with Crippen LogP contribution in [0, 0.1) is 6.92 Å². The number of rotatable bonds is 5. The standard InChI is InChI=1S/C16H18N2O3S2/c1-12-6-8-14(23(20,21)18(2)3)11-15(12)17-16(19)9-7-13-5-4-10-22-13/h4-11H,1-3H3,(H,17,19)/b9-7+. The minimum atomic E-state index is -3.53. The Morgan fingerprint density at radius 2 is 2.00 bits per heavy atom. The van der Waals surface area contributed by atoms with Crippen molar-refractivity contribution in [1.82, 2.24) is 4.31 Å². The van der Waals surface area contributed by atoms with Crippen LogP contribution in [0.1, 0.15) is 10.4 Å². The minimum absolute atomic E-state index is 0.144. The maximum absolute atomic E-state index is 12.2. The van der Waals surface area contributed by atoms with E-state index in [9.17, 15) is 13.2 Å². The summed E-state index contributed by atoms with van der Waals surface area (Å²) >= 11 is 1.53. The molecule has 1 aromatic heterocycles. The van der Waals surface area contributed by atoms with E-state index in [4.69, 9.17) is 0 Å². The fourth-order valence-corrected chi connectivity index (χ4v) is 3.37. The van der Waals surface area contributed by atoms with Crippen molar-refractivity contribution in [2.45, 2.75) is 11.8 Å². The number of sulfonamides is 1. The van der Waals surface area contributed by atoms with Crippen LogP contribution in [0.3, 0.4) is 0 Å². The zero-order valence-electron chi connectivity index (χ0n) is 13.1. The fraction of sp³-hybridized carbons (Fsp3) is 0.188. The summed E-state index contributed by atoms with van der Waals surface area (Å²) in [4.78, 5) is 13.1. The smallest absolute Gasteiger partial charge is 0.248 e. The van der Waals surface area contributed by atoms with Crippen molar-refractivity contribution < 1.29 is 13.2 Å². The van der Waals surface area contributed by atoms with Gasteiger partial charge in [-0.3, -0.25) is 4.79 Å². The van der Waals surface area contributed by atoms with E-state index >= 15 is 0 Å². The van der Waals surface area contributed by atoms with Crippen LogP contribution in [0.25, 0.3) is 6.08 Å². The molecule has 122 valence electrons. The van der Waals surface area contributed by atoms with Crippen LogP contribution >= 0.6 is 11.3 Å². The largest absolute Gasteiger partial charge is 0.322 e. The van der Waals surface area contributed by atoms with Crippen molar-refractivity contribution in [3.05, 3.63) is 52.2 Å². The van der Waals surface area contributed by atoms with Gasteiger partial charge >= 0.3 is 0 Å². The first-order valence-corrected chi connectivity index (χ1v) is 9.18. The molecular formula is C16H18N2O3S2. The molecule has 0 saturated carbocycles. The van der Waals surface area contributed by atoms with E-state index < -0.39 is 10.0 Å². The SMILES string of the molecule is Cc1ccc(S(=O)(=O)N(C)C)cc1NC(=O)/C=C/c1cccs1. The van der Waals surface area contributed by atoms with Crippen molar-refractivity contribution in [3.63, 3.8) is 0 Å². The van der Waals surface area contributed by atoms with Gasteiger partial charge in [-0.1, -0.05) is 12.1 Å². The van der Waals surface area contributed by atoms with Crippen molar-refractivity contribution >= 4 is 39.0 Å². The lowest BCUT2D eigenvalue weighted by atomic mass is 10.2. The minimum Gasteiger partial charge on any atom is -0.322 e. The highest BCUT2D eigenvalue weighted by atomic mass is 32.2. The molecule has 1 aromatic carbocycles. The van der Waals surface area contributed by atoms with Crippen molar-refractivity contribution in [2.75, 3.05) is 19.4 Å². The maximum atomic E-state index is 12.2. The van der Waals surface area contributed by atoms with Gasteiger partial charge in [-0.25, -0.2) is 12.7 Å². The molecule has 2 rings (SSSR count). The summed E-state index contributed by atoms with van der Waals surface area (Å²) in [6.45, 7) is 1.81. The number of benzene rings is 1. The van der Waals surface area contributed by atoms with E-state index in [0.29, 0.717) is 5.69 Å². The second kappa shape index (κ2) is 7.08. The summed E-state index contributed by atoms with van der Waals surface area (Å²) in [7, 11) is -0.595. The number of anilines is 1. The van der Waals surface area contributed by atoms with E-state index in [1.54, 1.807) is 12.1 Å². The van der Waals surface area contributed by atoms with E-state index in [0.717, 1.165) is 14.7 Å². The molecule has 0 aliphatic rings. The Balaban J connectivity index is 2.21. The third-order valence-electron chi connectivity index (χ3n) is 3.19. The van der Waals surface area contributed by atoms with Gasteiger partial charge in [-0.15, -0.1) is 11.3 Å². The first-order valence-electron chi connectivity index (χ1n) is 6.86. The Morgan fingerprint density at radius 1 is 1.26 bits per heavy atom. The number of carbonyl (C=O) groups excluding carboxylic acids is 1. The number of nitrogens with one attached hydrogen (secondary N) is 1. The Bertz CT molecular complexity index is 823. The molecule has 2 aromatic rings. The molecule has 0 unspecified atom stereocenters. The van der Waals surface area contributed by atoms with Gasteiger partial charge in [0.1, 0.15) is 0 Å². The molecule has 0 aliphatic carbocycles. The highest BCUT2D eigenvalue weighted by molar-refractivity contribution is 7.89. The van der Waals surface area contributed by atoms with Crippen LogP contribution in [-0.4, -0.2) is 32.7 Å². The molecule has 1 N–H and O–H groups in total. The molecule has 0 atom stereocenters. The quantitative estimate of drug-likeness (QED) is 0.843. The average Bonchev–Trinajstić information content (AvgIpc) is 3.00. The monoisotopic (exact) mass is 350 g/mol. The first kappa shape index (κ1) is 17.4. The van der Waals surface area contributed by atoms with Gasteiger partial charge in [0, 0.05) is 30.7 Å². The predicted octanol–water partition coefficient (Wildman–Crippen LogP) is 2.96. The van der Waals surface area contributed by atoms with Crippen LogP contribution in [0.2, 0.25) is 0 Å². The van der Waals surface area contributed by atoms with E-state index in [2.05, 4.69) is 5.32 Å². The number of amides is 1. The van der Waals surface area contributed by atoms with Crippen LogP contribution in [0.4, 0.5) is 5.69 Å². The van der Waals surface area contributed by atoms with E-state index in [-0.39, 0.29) is 10.8 Å². The lowest BCUT2D eigenvalue weighted by Crippen LogP contribution is -2.22. The molecule has 1 amide bonds. The number of thiophene rings is 1. The molecule has 0 bridgehead atoms. The molecule has 0 fully saturated rings. The van der Waals surface area contributed by atoms with Gasteiger partial charge < -0.3 is 5.32 Å². The summed E-state index contributed by atoms with van der Waals surface area (Å²) in [6.07, 6.45) is 3.15. The summed E-state index contributed by atoms with van der Waals surface area (Å²) in [5.74, 6) is -0.305. The number of hydrogen-bond acceptors (Lipinski definition) is 4. The molecule has 5 nitrogen and oxygen atoms in total. The third kappa shape index (κ3) is 4.28. The molecular weight excluding hydrogens is 332 g/mol. The Labute approximate surface area is 140 Å². The maximum Gasteiger partial charge on any atom is 0.248 e. The van der Waals surface area contributed by atoms with Crippen molar-refractivity contribution in [3.8, 4) is 0 Å². The number of hydrogen-bond donors (Lipinski definition) is 1. The molecule has 0 saturated heterocycles. The number of aryl methyl sites for hydroxylation is 1. The molecule has 23 heavy (non-hydrogen) atoms. The molecule has 0 radical (unpaired) electrons. The van der Waals surface area contributed by atoms with Crippen molar-refractivity contribution in [2.24, 2.45) is 0 Å². The third-order valence-corrected chi connectivity index (χ3v) is 5.84. The van der Waals surface area contributed by atoms with Gasteiger partial charge in [0.15, 0.2) is 0 Å². The topological polar surface area (TPSA) is 66.5 Å². The summed E-state index contributed by atoms with van der Waals surface area (Å²) in [5.41, 5.74) is 1.27. The highest BCUT2D eigenvalue weighted by Crippen LogP contribution is 2.22. The lowest BCUT2D eigenvalue weighted by Gasteiger charge is -2.14. The Kier molecular flexibility index (Phi) is 5.35. The predicted molar refractivity (Wildman–Crippen MR) is 94.0 cm³/mol. The molecule has 0 aliphatic heterocycles. The lowest BCUT2D eigenvalue weighted by molar-refractivity contribution is -0.111. The second-order valence-electron chi connectivity index (χ2n) is 5.10. The zero-order valence-corrected chi connectivity index (χ0v) is 14.7. The van der Waals surface area contributed by atoms with E-state index in [1.165, 1.54) is 43.6 Å². The normalized spacial score (nSPS) is 12.0. The zero-order chi connectivity index (χ0) is 17.0. The Hall–Kier alpha value is -1.96. The van der Waals surface area contributed by atoms with Crippen LogP contribution in [-0.2, 0) is 14.8 Å². The Morgan fingerprint density at radius 3 is 2.61 bits per heavy atom. The summed E-state index contributed by atoms with van der Waals surface area (Å²) < 4.78 is 25.5. The molecule has 7 heteroatoms. The number of carbonyl (C=O) groups is 1. The van der Waals surface area contributed by atoms with Crippen LogP contribution in [0.5, 0.6) is 0 Å². The molecule has 1 heterocycles. The van der Waals surface area contributed by atoms with Gasteiger partial charge in [0.25, 0.3) is 0 Å². The first-order chi connectivity index (χ1) is 10.8. The second-order valence-corrected chi connectivity index (χ2v) is 8.23. The van der Waals surface area contributed by atoms with Gasteiger partial charge in [-0.2, -0.15) is 0 Å². The highest BCUT2D eigenvalue weighted by Gasteiger charge is 2.18. The average molecular weight is 350 g/mol. The fourth-order valence-electron chi connectivity index (χ4n) is 1.83. The van der Waals surface area contributed by atoms with Crippen molar-refractivity contribution in [1.29, 1.82) is 0 Å². The van der Waals surface area contributed by atoms with E-state index in [1.807, 2.05) is 24.4 Å². The van der Waals surface area contributed by atoms with Gasteiger partial charge in [0.2, 0.25) is 15.9 Å². The van der Waals surface area contributed by atoms with Gasteiger partial charge in [-0.05, 0) is 42.1 Å².